The Morgan fingerprint density at radius 2 is 1.70 bits per heavy atom. The molecule has 3 aromatic rings. The molecule has 1 aliphatic heterocycles. The summed E-state index contributed by atoms with van der Waals surface area (Å²) < 4.78 is 10.9. The molecule has 0 N–H and O–H groups in total. The average Bonchev–Trinajstić information content (AvgIpc) is 3.58. The molecule has 1 fully saturated rings. The molecule has 0 saturated heterocycles. The fourth-order valence-electron chi connectivity index (χ4n) is 3.94. The lowest BCUT2D eigenvalue weighted by Crippen LogP contribution is -2.29. The van der Waals surface area contributed by atoms with Crippen molar-refractivity contribution in [2.75, 3.05) is 19.1 Å². The molecule has 8 nitrogen and oxygen atoms in total. The van der Waals surface area contributed by atoms with Crippen molar-refractivity contribution in [3.8, 4) is 23.1 Å². The van der Waals surface area contributed by atoms with E-state index in [1.165, 1.54) is 12.8 Å². The zero-order valence-electron chi connectivity index (χ0n) is 16.8. The van der Waals surface area contributed by atoms with E-state index in [-0.39, 0.29) is 11.9 Å². The van der Waals surface area contributed by atoms with Gasteiger partial charge in [0.2, 0.25) is 0 Å². The summed E-state index contributed by atoms with van der Waals surface area (Å²) in [5.41, 5.74) is 1.56. The molecule has 2 aromatic heterocycles. The number of methoxy groups -OCH3 is 2. The second-order valence-corrected chi connectivity index (χ2v) is 7.48. The highest BCUT2D eigenvalue weighted by Crippen LogP contribution is 2.48. The molecule has 5 rings (SSSR count). The molecule has 8 heteroatoms. The third kappa shape index (κ3) is 3.14. The number of ether oxygens (including phenoxy) is 2. The van der Waals surface area contributed by atoms with Gasteiger partial charge < -0.3 is 9.47 Å². The van der Waals surface area contributed by atoms with E-state index < -0.39 is 0 Å². The monoisotopic (exact) mass is 403 g/mol. The van der Waals surface area contributed by atoms with Crippen molar-refractivity contribution in [1.29, 1.82) is 0 Å². The lowest BCUT2D eigenvalue weighted by Gasteiger charge is -2.24. The molecule has 1 saturated carbocycles. The Morgan fingerprint density at radius 3 is 2.40 bits per heavy atom. The molecule has 1 unspecified atom stereocenters. The molecule has 1 aromatic carbocycles. The maximum absolute atomic E-state index is 13.5. The van der Waals surface area contributed by atoms with Crippen molar-refractivity contribution in [2.24, 2.45) is 5.92 Å². The maximum Gasteiger partial charge on any atom is 0.260 e. The second-order valence-electron chi connectivity index (χ2n) is 7.48. The standard InChI is InChI=1S/C22H21N5O3/c1-29-17-11-14-15(12-18(17)30-2)22(28)27(16(14)10-13-4-5-13)19-6-9-25-21(26-19)20-23-7-3-8-24-20/h3,6-9,11-13,16H,4-5,10H2,1-2H3. The molecule has 30 heavy (non-hydrogen) atoms. The Labute approximate surface area is 173 Å². The van der Waals surface area contributed by atoms with Crippen LogP contribution in [0.25, 0.3) is 11.6 Å². The van der Waals surface area contributed by atoms with Crippen LogP contribution in [0.5, 0.6) is 11.5 Å². The van der Waals surface area contributed by atoms with Gasteiger partial charge in [0.1, 0.15) is 5.82 Å². The van der Waals surface area contributed by atoms with E-state index in [9.17, 15) is 4.79 Å². The molecular formula is C22H21N5O3. The Hall–Kier alpha value is -3.55. The number of hydrogen-bond donors (Lipinski definition) is 0. The normalized spacial score (nSPS) is 17.7. The Kier molecular flexibility index (Phi) is 4.54. The van der Waals surface area contributed by atoms with Crippen molar-refractivity contribution in [3.05, 3.63) is 54.0 Å². The summed E-state index contributed by atoms with van der Waals surface area (Å²) >= 11 is 0. The minimum Gasteiger partial charge on any atom is -0.493 e. The topological polar surface area (TPSA) is 90.3 Å². The highest BCUT2D eigenvalue weighted by atomic mass is 16.5. The van der Waals surface area contributed by atoms with E-state index in [1.54, 1.807) is 55.9 Å². The van der Waals surface area contributed by atoms with Gasteiger partial charge in [0, 0.05) is 24.2 Å². The summed E-state index contributed by atoms with van der Waals surface area (Å²) in [7, 11) is 3.17. The van der Waals surface area contributed by atoms with Gasteiger partial charge in [-0.15, -0.1) is 0 Å². The lowest BCUT2D eigenvalue weighted by atomic mass is 9.99. The predicted molar refractivity (Wildman–Crippen MR) is 109 cm³/mol. The SMILES string of the molecule is COc1cc2c(cc1OC)C(CC1CC1)N(c1ccnc(-c3ncccn3)n1)C2=O. The largest absolute Gasteiger partial charge is 0.493 e. The van der Waals surface area contributed by atoms with Crippen molar-refractivity contribution >= 4 is 11.7 Å². The Morgan fingerprint density at radius 1 is 1.00 bits per heavy atom. The van der Waals surface area contributed by atoms with Crippen molar-refractivity contribution in [2.45, 2.75) is 25.3 Å². The number of anilines is 1. The molecule has 0 spiro atoms. The third-order valence-electron chi connectivity index (χ3n) is 5.58. The molecule has 152 valence electrons. The van der Waals surface area contributed by atoms with E-state index in [4.69, 9.17) is 9.47 Å². The summed E-state index contributed by atoms with van der Waals surface area (Å²) in [5.74, 6) is 3.02. The predicted octanol–water partition coefficient (Wildman–Crippen LogP) is 3.45. The van der Waals surface area contributed by atoms with Gasteiger partial charge in [-0.05, 0) is 42.2 Å². The number of nitrogens with zero attached hydrogens (tertiary/aromatic N) is 5. The molecule has 2 aliphatic rings. The van der Waals surface area contributed by atoms with Crippen LogP contribution in [-0.2, 0) is 0 Å². The molecule has 1 aliphatic carbocycles. The number of amides is 1. The van der Waals surface area contributed by atoms with E-state index >= 15 is 0 Å². The van der Waals surface area contributed by atoms with Crippen molar-refractivity contribution in [3.63, 3.8) is 0 Å². The van der Waals surface area contributed by atoms with E-state index in [2.05, 4.69) is 19.9 Å². The van der Waals surface area contributed by atoms with E-state index in [0.29, 0.717) is 40.4 Å². The molecule has 1 amide bonds. The number of carbonyl (C=O) groups is 1. The smallest absolute Gasteiger partial charge is 0.260 e. The van der Waals surface area contributed by atoms with Crippen LogP contribution in [0.15, 0.2) is 42.9 Å². The highest BCUT2D eigenvalue weighted by molar-refractivity contribution is 6.11. The van der Waals surface area contributed by atoms with Gasteiger partial charge in [-0.2, -0.15) is 0 Å². The molecular weight excluding hydrogens is 382 g/mol. The van der Waals surface area contributed by atoms with Gasteiger partial charge in [0.05, 0.1) is 20.3 Å². The quantitative estimate of drug-likeness (QED) is 0.622. The zero-order valence-corrected chi connectivity index (χ0v) is 16.8. The fourth-order valence-corrected chi connectivity index (χ4v) is 3.94. The second kappa shape index (κ2) is 7.37. The Balaban J connectivity index is 1.59. The summed E-state index contributed by atoms with van der Waals surface area (Å²) in [6.45, 7) is 0. The van der Waals surface area contributed by atoms with Gasteiger partial charge in [-0.25, -0.2) is 19.9 Å². The Bertz CT molecular complexity index is 1100. The van der Waals surface area contributed by atoms with Gasteiger partial charge in [-0.3, -0.25) is 9.69 Å². The number of aromatic nitrogens is 4. The van der Waals surface area contributed by atoms with Crippen LogP contribution < -0.4 is 14.4 Å². The van der Waals surface area contributed by atoms with Gasteiger partial charge >= 0.3 is 0 Å². The molecule has 3 heterocycles. The van der Waals surface area contributed by atoms with Crippen LogP contribution in [0.2, 0.25) is 0 Å². The lowest BCUT2D eigenvalue weighted by molar-refractivity contribution is 0.0989. The van der Waals surface area contributed by atoms with E-state index in [0.717, 1.165) is 12.0 Å². The molecule has 1 atom stereocenters. The first-order valence-electron chi connectivity index (χ1n) is 9.89. The number of hydrogen-bond acceptors (Lipinski definition) is 7. The summed E-state index contributed by atoms with van der Waals surface area (Å²) in [4.78, 5) is 32.6. The highest BCUT2D eigenvalue weighted by Gasteiger charge is 2.42. The van der Waals surface area contributed by atoms with E-state index in [1.807, 2.05) is 6.07 Å². The van der Waals surface area contributed by atoms with Gasteiger partial charge in [0.25, 0.3) is 5.91 Å². The molecule has 0 radical (unpaired) electrons. The first kappa shape index (κ1) is 18.5. The number of rotatable bonds is 6. The van der Waals surface area contributed by atoms with Crippen molar-refractivity contribution < 1.29 is 14.3 Å². The van der Waals surface area contributed by atoms with Gasteiger partial charge in [-0.1, -0.05) is 12.8 Å². The van der Waals surface area contributed by atoms with Crippen LogP contribution in [-0.4, -0.2) is 40.1 Å². The minimum absolute atomic E-state index is 0.102. The summed E-state index contributed by atoms with van der Waals surface area (Å²) in [6, 6.07) is 7.06. The number of fused-ring (bicyclic) bond motifs is 1. The zero-order chi connectivity index (χ0) is 20.7. The molecule has 0 bridgehead atoms. The minimum atomic E-state index is -0.112. The number of carbonyl (C=O) groups excluding carboxylic acids is 1. The van der Waals surface area contributed by atoms with Crippen LogP contribution in [0.4, 0.5) is 5.82 Å². The van der Waals surface area contributed by atoms with Gasteiger partial charge in [0.15, 0.2) is 23.1 Å². The van der Waals surface area contributed by atoms with Crippen LogP contribution in [0.1, 0.15) is 41.2 Å². The number of benzene rings is 1. The third-order valence-corrected chi connectivity index (χ3v) is 5.58. The van der Waals surface area contributed by atoms with Crippen LogP contribution >= 0.6 is 0 Å². The maximum atomic E-state index is 13.5. The summed E-state index contributed by atoms with van der Waals surface area (Å²) in [5, 5.41) is 0. The van der Waals surface area contributed by atoms with Crippen LogP contribution in [0.3, 0.4) is 0 Å². The van der Waals surface area contributed by atoms with Crippen molar-refractivity contribution in [1.82, 2.24) is 19.9 Å². The fraction of sp³-hybridized carbons (Fsp3) is 0.318. The first-order valence-corrected chi connectivity index (χ1v) is 9.89. The van der Waals surface area contributed by atoms with Crippen LogP contribution in [0, 0.1) is 5.92 Å². The summed E-state index contributed by atoms with van der Waals surface area (Å²) in [6.07, 6.45) is 8.18. The first-order chi connectivity index (χ1) is 14.7. The average molecular weight is 403 g/mol.